The highest BCUT2D eigenvalue weighted by atomic mass is 32.2. The second-order valence-corrected chi connectivity index (χ2v) is 6.87. The molecule has 1 heterocycles. The van der Waals surface area contributed by atoms with Crippen molar-refractivity contribution < 1.29 is 9.59 Å². The lowest BCUT2D eigenvalue weighted by molar-refractivity contribution is -0.123. The van der Waals surface area contributed by atoms with E-state index in [1.165, 1.54) is 24.6 Å². The summed E-state index contributed by atoms with van der Waals surface area (Å²) in [7, 11) is 1.73. The lowest BCUT2D eigenvalue weighted by atomic mass is 10.2. The fourth-order valence-electron chi connectivity index (χ4n) is 2.22. The van der Waals surface area contributed by atoms with Crippen LogP contribution < -0.4 is 10.2 Å². The van der Waals surface area contributed by atoms with Gasteiger partial charge < -0.3 is 10.2 Å². The minimum Gasteiger partial charge on any atom is -0.315 e. The molecule has 0 bridgehead atoms. The summed E-state index contributed by atoms with van der Waals surface area (Å²) in [4.78, 5) is 30.3. The van der Waals surface area contributed by atoms with E-state index in [-0.39, 0.29) is 23.5 Å². The normalized spacial score (nSPS) is 22.7. The molecule has 3 rings (SSSR count). The van der Waals surface area contributed by atoms with Gasteiger partial charge in [-0.25, -0.2) is 0 Å². The summed E-state index contributed by atoms with van der Waals surface area (Å²) in [6.45, 7) is 0.785. The molecule has 1 N–H and O–H groups in total. The molecule has 5 nitrogen and oxygen atoms in total. The number of nitrogens with zero attached hydrogens (tertiary/aromatic N) is 2. The molecule has 0 spiro atoms. The molecule has 6 heteroatoms. The van der Waals surface area contributed by atoms with Crippen molar-refractivity contribution in [2.45, 2.75) is 24.5 Å². The van der Waals surface area contributed by atoms with Crippen LogP contribution in [0, 0.1) is 5.92 Å². The maximum Gasteiger partial charge on any atom is 0.240 e. The predicted octanol–water partition coefficient (Wildman–Crippen LogP) is 2.04. The number of thioether (sulfide) groups is 1. The third kappa shape index (κ3) is 3.68. The molecule has 1 saturated carbocycles. The number of carbonyl (C=O) groups excluding carboxylic acids is 2. The molecule has 0 aromatic heterocycles. The summed E-state index contributed by atoms with van der Waals surface area (Å²) in [6.07, 6.45) is 2.66. The van der Waals surface area contributed by atoms with E-state index in [1.807, 2.05) is 30.3 Å². The molecule has 0 radical (unpaired) electrons. The van der Waals surface area contributed by atoms with Crippen LogP contribution in [0.1, 0.15) is 19.3 Å². The van der Waals surface area contributed by atoms with Gasteiger partial charge in [0.25, 0.3) is 0 Å². The number of hydrogen-bond donors (Lipinski definition) is 1. The molecule has 2 amide bonds. The van der Waals surface area contributed by atoms with Crippen molar-refractivity contribution in [3.63, 3.8) is 0 Å². The Morgan fingerprint density at radius 1 is 1.36 bits per heavy atom. The van der Waals surface area contributed by atoms with Gasteiger partial charge in [-0.3, -0.25) is 14.6 Å². The van der Waals surface area contributed by atoms with Crippen molar-refractivity contribution in [3.8, 4) is 0 Å². The lowest BCUT2D eigenvalue weighted by Crippen LogP contribution is -2.32. The third-order valence-electron chi connectivity index (χ3n) is 3.84. The van der Waals surface area contributed by atoms with E-state index in [9.17, 15) is 9.59 Å². The summed E-state index contributed by atoms with van der Waals surface area (Å²) in [5.41, 5.74) is 0.832. The number of anilines is 1. The quantitative estimate of drug-likeness (QED) is 0.904. The standard InChI is InChI=1S/C16H19N3O2S/c1-19(12-5-3-2-4-6-12)14(20)9-13-15(21)18-16(22-13)17-10-11-7-8-11/h2-6,11,13H,7-10H2,1H3,(H,17,18,21). The van der Waals surface area contributed by atoms with Gasteiger partial charge in [0.1, 0.15) is 5.25 Å². The van der Waals surface area contributed by atoms with Gasteiger partial charge in [0.15, 0.2) is 5.17 Å². The first kappa shape index (κ1) is 15.1. The Labute approximate surface area is 134 Å². The van der Waals surface area contributed by atoms with Crippen molar-refractivity contribution in [2.75, 3.05) is 18.5 Å². The number of benzene rings is 1. The number of para-hydroxylation sites is 1. The maximum atomic E-state index is 12.3. The van der Waals surface area contributed by atoms with Gasteiger partial charge in [0.2, 0.25) is 11.8 Å². The third-order valence-corrected chi connectivity index (χ3v) is 4.96. The molecule has 1 atom stereocenters. The molecular formula is C16H19N3O2S. The van der Waals surface area contributed by atoms with Gasteiger partial charge in [0.05, 0.1) is 0 Å². The Bertz CT molecular complexity index is 599. The number of amides is 2. The molecule has 1 aliphatic heterocycles. The Morgan fingerprint density at radius 3 is 2.77 bits per heavy atom. The van der Waals surface area contributed by atoms with Gasteiger partial charge in [-0.2, -0.15) is 0 Å². The molecule has 2 aliphatic rings. The Morgan fingerprint density at radius 2 is 2.09 bits per heavy atom. The molecule has 116 valence electrons. The average molecular weight is 317 g/mol. The molecule has 1 aliphatic carbocycles. The smallest absolute Gasteiger partial charge is 0.240 e. The zero-order valence-electron chi connectivity index (χ0n) is 12.5. The summed E-state index contributed by atoms with van der Waals surface area (Å²) in [5.74, 6) is 0.506. The molecule has 1 aromatic rings. The number of rotatable bonds is 5. The van der Waals surface area contributed by atoms with Crippen LogP contribution >= 0.6 is 11.8 Å². The fraction of sp³-hybridized carbons (Fsp3) is 0.438. The molecule has 22 heavy (non-hydrogen) atoms. The first-order valence-corrected chi connectivity index (χ1v) is 8.35. The molecule has 1 saturated heterocycles. The SMILES string of the molecule is CN(C(=O)CC1SC(=NCC2CC2)NC1=O)c1ccccc1. The summed E-state index contributed by atoms with van der Waals surface area (Å²) in [6, 6.07) is 9.44. The molecule has 2 fully saturated rings. The Balaban J connectivity index is 1.57. The summed E-state index contributed by atoms with van der Waals surface area (Å²) >= 11 is 1.37. The minimum absolute atomic E-state index is 0.0673. The maximum absolute atomic E-state index is 12.3. The highest BCUT2D eigenvalue weighted by Gasteiger charge is 2.33. The molecule has 1 aromatic carbocycles. The van der Waals surface area contributed by atoms with E-state index in [4.69, 9.17) is 0 Å². The number of amidine groups is 1. The number of nitrogens with one attached hydrogen (secondary N) is 1. The molecular weight excluding hydrogens is 298 g/mol. The monoisotopic (exact) mass is 317 g/mol. The molecule has 1 unspecified atom stereocenters. The van der Waals surface area contributed by atoms with Crippen LogP contribution in [-0.2, 0) is 9.59 Å². The van der Waals surface area contributed by atoms with E-state index >= 15 is 0 Å². The van der Waals surface area contributed by atoms with Crippen LogP contribution in [0.15, 0.2) is 35.3 Å². The van der Waals surface area contributed by atoms with Gasteiger partial charge in [-0.15, -0.1) is 0 Å². The topological polar surface area (TPSA) is 61.8 Å². The zero-order chi connectivity index (χ0) is 15.5. The van der Waals surface area contributed by atoms with E-state index in [0.717, 1.165) is 12.2 Å². The van der Waals surface area contributed by atoms with Gasteiger partial charge >= 0.3 is 0 Å². The van der Waals surface area contributed by atoms with Crippen LogP contribution in [0.5, 0.6) is 0 Å². The van der Waals surface area contributed by atoms with Crippen LogP contribution in [0.2, 0.25) is 0 Å². The lowest BCUT2D eigenvalue weighted by Gasteiger charge is -2.18. The summed E-state index contributed by atoms with van der Waals surface area (Å²) in [5, 5.41) is 3.06. The van der Waals surface area contributed by atoms with E-state index in [0.29, 0.717) is 11.1 Å². The van der Waals surface area contributed by atoms with Gasteiger partial charge in [0, 0.05) is 25.7 Å². The first-order valence-electron chi connectivity index (χ1n) is 7.47. The van der Waals surface area contributed by atoms with E-state index in [2.05, 4.69) is 10.3 Å². The minimum atomic E-state index is -0.378. The second kappa shape index (κ2) is 6.52. The fourth-order valence-corrected chi connectivity index (χ4v) is 3.19. The van der Waals surface area contributed by atoms with E-state index < -0.39 is 0 Å². The Hall–Kier alpha value is -1.82. The first-order chi connectivity index (χ1) is 10.6. The van der Waals surface area contributed by atoms with Crippen LogP contribution in [0.4, 0.5) is 5.69 Å². The van der Waals surface area contributed by atoms with Gasteiger partial charge in [-0.05, 0) is 30.9 Å². The summed E-state index contributed by atoms with van der Waals surface area (Å²) < 4.78 is 0. The predicted molar refractivity (Wildman–Crippen MR) is 89.0 cm³/mol. The zero-order valence-corrected chi connectivity index (χ0v) is 13.3. The highest BCUT2D eigenvalue weighted by molar-refractivity contribution is 8.15. The van der Waals surface area contributed by atoms with Crippen molar-refractivity contribution in [1.29, 1.82) is 0 Å². The van der Waals surface area contributed by atoms with E-state index in [1.54, 1.807) is 11.9 Å². The second-order valence-electron chi connectivity index (χ2n) is 5.68. The average Bonchev–Trinajstić information content (AvgIpc) is 3.30. The largest absolute Gasteiger partial charge is 0.315 e. The van der Waals surface area contributed by atoms with Crippen molar-refractivity contribution in [3.05, 3.63) is 30.3 Å². The number of hydrogen-bond acceptors (Lipinski definition) is 4. The Kier molecular flexibility index (Phi) is 4.47. The van der Waals surface area contributed by atoms with Crippen molar-refractivity contribution in [1.82, 2.24) is 5.32 Å². The number of aliphatic imine (C=N–C) groups is 1. The highest BCUT2D eigenvalue weighted by Crippen LogP contribution is 2.30. The van der Waals surface area contributed by atoms with Crippen LogP contribution in [0.25, 0.3) is 0 Å². The van der Waals surface area contributed by atoms with Crippen molar-refractivity contribution >= 4 is 34.4 Å². The van der Waals surface area contributed by atoms with Crippen LogP contribution in [0.3, 0.4) is 0 Å². The number of carbonyl (C=O) groups is 2. The van der Waals surface area contributed by atoms with Crippen molar-refractivity contribution in [2.24, 2.45) is 10.9 Å². The van der Waals surface area contributed by atoms with Crippen LogP contribution in [-0.4, -0.2) is 35.8 Å². The van der Waals surface area contributed by atoms with Gasteiger partial charge in [-0.1, -0.05) is 30.0 Å².